The van der Waals surface area contributed by atoms with Crippen molar-refractivity contribution in [2.24, 2.45) is 5.73 Å². The minimum Gasteiger partial charge on any atom is -0.468 e. The fourth-order valence-electron chi connectivity index (χ4n) is 1.85. The number of hydrogen-bond acceptors (Lipinski definition) is 3. The summed E-state index contributed by atoms with van der Waals surface area (Å²) in [5.41, 5.74) is 6.77. The van der Waals surface area contributed by atoms with Crippen molar-refractivity contribution in [1.29, 1.82) is 0 Å². The Hall–Kier alpha value is -1.87. The van der Waals surface area contributed by atoms with Gasteiger partial charge in [-0.2, -0.15) is 0 Å². The molecule has 2 aromatic carbocycles. The first-order chi connectivity index (χ1) is 8.20. The number of carbonyl (C=O) groups is 1. The maximum Gasteiger partial charge on any atom is 0.322 e. The van der Waals surface area contributed by atoms with E-state index >= 15 is 0 Å². The second-order valence-corrected chi connectivity index (χ2v) is 4.02. The van der Waals surface area contributed by atoms with E-state index in [1.807, 2.05) is 30.3 Å². The summed E-state index contributed by atoms with van der Waals surface area (Å²) in [6.45, 7) is 0. The Morgan fingerprint density at radius 1 is 1.24 bits per heavy atom. The lowest BCUT2D eigenvalue weighted by Gasteiger charge is -2.09. The highest BCUT2D eigenvalue weighted by molar-refractivity contribution is 5.83. The number of hydrogen-bond donors (Lipinski definition) is 1. The third kappa shape index (κ3) is 2.63. The molecule has 0 bridgehead atoms. The number of methoxy groups -OCH3 is 1. The highest BCUT2D eigenvalue weighted by Crippen LogP contribution is 2.16. The van der Waals surface area contributed by atoms with Crippen molar-refractivity contribution in [2.45, 2.75) is 12.5 Å². The van der Waals surface area contributed by atoms with Crippen molar-refractivity contribution in [1.82, 2.24) is 0 Å². The first-order valence-corrected chi connectivity index (χ1v) is 5.52. The molecule has 0 heterocycles. The van der Waals surface area contributed by atoms with Crippen molar-refractivity contribution in [3.63, 3.8) is 0 Å². The molecule has 2 aromatic rings. The molecule has 0 saturated heterocycles. The zero-order chi connectivity index (χ0) is 12.3. The van der Waals surface area contributed by atoms with Crippen LogP contribution in [-0.4, -0.2) is 19.1 Å². The number of nitrogens with two attached hydrogens (primary N) is 1. The molecule has 1 unspecified atom stereocenters. The van der Waals surface area contributed by atoms with Gasteiger partial charge >= 0.3 is 5.97 Å². The minimum atomic E-state index is -0.596. The van der Waals surface area contributed by atoms with Gasteiger partial charge < -0.3 is 10.5 Å². The maximum atomic E-state index is 11.2. The number of rotatable bonds is 3. The van der Waals surface area contributed by atoms with Gasteiger partial charge in [-0.1, -0.05) is 42.5 Å². The molecular formula is C14H15NO2. The lowest BCUT2D eigenvalue weighted by atomic mass is 10.0. The van der Waals surface area contributed by atoms with E-state index in [2.05, 4.69) is 16.9 Å². The minimum absolute atomic E-state index is 0.377. The number of ether oxygens (including phenoxy) is 1. The molecular weight excluding hydrogens is 214 g/mol. The number of esters is 1. The number of benzene rings is 2. The normalized spacial score (nSPS) is 12.4. The molecule has 0 aliphatic heterocycles. The van der Waals surface area contributed by atoms with Crippen molar-refractivity contribution >= 4 is 16.7 Å². The monoisotopic (exact) mass is 229 g/mol. The van der Waals surface area contributed by atoms with Gasteiger partial charge in [0, 0.05) is 0 Å². The van der Waals surface area contributed by atoms with Gasteiger partial charge in [-0.3, -0.25) is 4.79 Å². The van der Waals surface area contributed by atoms with Crippen molar-refractivity contribution in [2.75, 3.05) is 7.11 Å². The van der Waals surface area contributed by atoms with Crippen LogP contribution in [-0.2, 0) is 16.0 Å². The summed E-state index contributed by atoms with van der Waals surface area (Å²) in [6.07, 6.45) is 0.498. The largest absolute Gasteiger partial charge is 0.468 e. The van der Waals surface area contributed by atoms with Gasteiger partial charge in [0.1, 0.15) is 6.04 Å². The van der Waals surface area contributed by atoms with Crippen LogP contribution in [0.5, 0.6) is 0 Å². The first-order valence-electron chi connectivity index (χ1n) is 5.52. The predicted molar refractivity (Wildman–Crippen MR) is 67.6 cm³/mol. The van der Waals surface area contributed by atoms with Crippen LogP contribution < -0.4 is 5.73 Å². The standard InChI is InChI=1S/C14H15NO2/c1-17-14(16)13(15)9-10-6-7-11-4-2-3-5-12(11)8-10/h2-8,13H,9,15H2,1H3. The smallest absolute Gasteiger partial charge is 0.322 e. The molecule has 2 rings (SSSR count). The van der Waals surface area contributed by atoms with Crippen molar-refractivity contribution < 1.29 is 9.53 Å². The topological polar surface area (TPSA) is 52.3 Å². The fraction of sp³-hybridized carbons (Fsp3) is 0.214. The number of fused-ring (bicyclic) bond motifs is 1. The molecule has 0 fully saturated rings. The van der Waals surface area contributed by atoms with Crippen LogP contribution in [0.25, 0.3) is 10.8 Å². The molecule has 0 aliphatic carbocycles. The Labute approximate surface area is 100 Å². The van der Waals surface area contributed by atoms with E-state index in [4.69, 9.17) is 5.73 Å². The zero-order valence-electron chi connectivity index (χ0n) is 9.72. The van der Waals surface area contributed by atoms with Gasteiger partial charge in [0.2, 0.25) is 0 Å². The fourth-order valence-corrected chi connectivity index (χ4v) is 1.85. The third-order valence-electron chi connectivity index (χ3n) is 2.77. The summed E-state index contributed by atoms with van der Waals surface area (Å²) in [6, 6.07) is 13.6. The molecule has 3 nitrogen and oxygen atoms in total. The molecule has 1 atom stereocenters. The zero-order valence-corrected chi connectivity index (χ0v) is 9.72. The molecule has 17 heavy (non-hydrogen) atoms. The Balaban J connectivity index is 2.22. The van der Waals surface area contributed by atoms with Gasteiger partial charge in [-0.15, -0.1) is 0 Å². The Morgan fingerprint density at radius 3 is 2.65 bits per heavy atom. The van der Waals surface area contributed by atoms with E-state index in [0.717, 1.165) is 10.9 Å². The SMILES string of the molecule is COC(=O)C(N)Cc1ccc2ccccc2c1. The molecule has 0 saturated carbocycles. The first kappa shape index (κ1) is 11.6. The van der Waals surface area contributed by atoms with Crippen LogP contribution in [0.2, 0.25) is 0 Å². The van der Waals surface area contributed by atoms with E-state index < -0.39 is 6.04 Å². The van der Waals surface area contributed by atoms with E-state index in [-0.39, 0.29) is 5.97 Å². The van der Waals surface area contributed by atoms with Gasteiger partial charge in [0.05, 0.1) is 7.11 Å². The van der Waals surface area contributed by atoms with Crippen LogP contribution in [0.3, 0.4) is 0 Å². The summed E-state index contributed by atoms with van der Waals surface area (Å²) in [5.74, 6) is -0.377. The van der Waals surface area contributed by atoms with Crippen molar-refractivity contribution in [3.05, 3.63) is 48.0 Å². The molecule has 0 radical (unpaired) electrons. The molecule has 0 aromatic heterocycles. The average molecular weight is 229 g/mol. The van der Waals surface area contributed by atoms with E-state index in [1.54, 1.807) is 0 Å². The highest BCUT2D eigenvalue weighted by Gasteiger charge is 2.14. The highest BCUT2D eigenvalue weighted by atomic mass is 16.5. The Kier molecular flexibility index (Phi) is 3.40. The lowest BCUT2D eigenvalue weighted by molar-refractivity contribution is -0.142. The summed E-state index contributed by atoms with van der Waals surface area (Å²) in [4.78, 5) is 11.2. The van der Waals surface area contributed by atoms with Gasteiger partial charge in [-0.25, -0.2) is 0 Å². The average Bonchev–Trinajstić information content (AvgIpc) is 2.37. The maximum absolute atomic E-state index is 11.2. The van der Waals surface area contributed by atoms with E-state index in [1.165, 1.54) is 12.5 Å². The molecule has 3 heteroatoms. The quantitative estimate of drug-likeness (QED) is 0.818. The second-order valence-electron chi connectivity index (χ2n) is 4.02. The summed E-state index contributed by atoms with van der Waals surface area (Å²) in [5, 5.41) is 2.34. The molecule has 2 N–H and O–H groups in total. The Morgan fingerprint density at radius 2 is 1.94 bits per heavy atom. The molecule has 0 aliphatic rings. The van der Waals surface area contributed by atoms with Crippen LogP contribution in [0.1, 0.15) is 5.56 Å². The predicted octanol–water partition coefficient (Wildman–Crippen LogP) is 1.88. The molecule has 88 valence electrons. The van der Waals surface area contributed by atoms with Crippen LogP contribution in [0.15, 0.2) is 42.5 Å². The third-order valence-corrected chi connectivity index (χ3v) is 2.77. The summed E-state index contributed by atoms with van der Waals surface area (Å²) < 4.78 is 4.61. The summed E-state index contributed by atoms with van der Waals surface area (Å²) in [7, 11) is 1.35. The van der Waals surface area contributed by atoms with Crippen LogP contribution >= 0.6 is 0 Å². The summed E-state index contributed by atoms with van der Waals surface area (Å²) >= 11 is 0. The van der Waals surface area contributed by atoms with Crippen molar-refractivity contribution in [3.8, 4) is 0 Å². The Bertz CT molecular complexity index is 536. The van der Waals surface area contributed by atoms with E-state index in [9.17, 15) is 4.79 Å². The van der Waals surface area contributed by atoms with E-state index in [0.29, 0.717) is 6.42 Å². The molecule has 0 amide bonds. The van der Waals surface area contributed by atoms with Gasteiger partial charge in [-0.05, 0) is 22.8 Å². The van der Waals surface area contributed by atoms with Crippen LogP contribution in [0.4, 0.5) is 0 Å². The van der Waals surface area contributed by atoms with Crippen LogP contribution in [0, 0.1) is 0 Å². The second kappa shape index (κ2) is 4.97. The number of carbonyl (C=O) groups excluding carboxylic acids is 1. The van der Waals surface area contributed by atoms with Gasteiger partial charge in [0.15, 0.2) is 0 Å². The lowest BCUT2D eigenvalue weighted by Crippen LogP contribution is -2.33. The van der Waals surface area contributed by atoms with Gasteiger partial charge in [0.25, 0.3) is 0 Å². The molecule has 0 spiro atoms.